The van der Waals surface area contributed by atoms with E-state index in [2.05, 4.69) is 118 Å². The number of rotatable bonds is 2. The number of nitrogens with zero attached hydrogens (tertiary/aromatic N) is 1. The van der Waals surface area contributed by atoms with Gasteiger partial charge in [-0.2, -0.15) is 0 Å². The van der Waals surface area contributed by atoms with Crippen LogP contribution in [0.25, 0.3) is 27.5 Å². The molecule has 1 aromatic heterocycles. The second-order valence-electron chi connectivity index (χ2n) is 11.5. The first-order chi connectivity index (χ1) is 16.3. The van der Waals surface area contributed by atoms with Gasteiger partial charge in [-0.05, 0) is 56.1 Å². The van der Waals surface area contributed by atoms with Gasteiger partial charge in [-0.1, -0.05) is 51.0 Å². The van der Waals surface area contributed by atoms with Crippen molar-refractivity contribution in [3.05, 3.63) is 30.3 Å². The van der Waals surface area contributed by atoms with Crippen molar-refractivity contribution in [2.24, 2.45) is 0 Å². The fourth-order valence-corrected chi connectivity index (χ4v) is 5.89. The zero-order chi connectivity index (χ0) is 25.6. The molecule has 0 aliphatic carbocycles. The number of hydrogen-bond acceptors (Lipinski definition) is 2. The third-order valence-corrected chi connectivity index (χ3v) is 9.19. The summed E-state index contributed by atoms with van der Waals surface area (Å²) in [5.41, 5.74) is 13.4. The lowest BCUT2D eigenvalue weighted by Crippen LogP contribution is -2.57. The van der Waals surface area contributed by atoms with Crippen LogP contribution >= 0.6 is 0 Å². The zero-order valence-electron chi connectivity index (χ0n) is 23.2. The van der Waals surface area contributed by atoms with Crippen molar-refractivity contribution in [3.8, 4) is 5.69 Å². The number of hydrogen-bond donors (Lipinski definition) is 0. The highest BCUT2D eigenvalue weighted by atomic mass is 16.7. The van der Waals surface area contributed by atoms with E-state index in [4.69, 9.17) is 9.31 Å². The van der Waals surface area contributed by atoms with E-state index in [0.29, 0.717) is 0 Å². The molecule has 0 radical (unpaired) electrons. The predicted molar refractivity (Wildman–Crippen MR) is 174 cm³/mol. The molecule has 0 saturated carbocycles. The van der Waals surface area contributed by atoms with Crippen molar-refractivity contribution in [1.29, 1.82) is 0 Å². The maximum absolute atomic E-state index is 6.59. The van der Waals surface area contributed by atoms with Crippen molar-refractivity contribution in [2.75, 3.05) is 0 Å². The molecule has 35 heavy (non-hydrogen) atoms. The van der Waals surface area contributed by atoms with Gasteiger partial charge in [0, 0.05) is 16.7 Å². The summed E-state index contributed by atoms with van der Waals surface area (Å²) in [5, 5.41) is 2.67. The van der Waals surface area contributed by atoms with E-state index < -0.39 is 0 Å². The van der Waals surface area contributed by atoms with E-state index in [0.717, 1.165) is 0 Å². The highest BCUT2D eigenvalue weighted by Crippen LogP contribution is 2.36. The average Bonchev–Trinajstić information content (AvgIpc) is 3.26. The van der Waals surface area contributed by atoms with Crippen LogP contribution in [0.15, 0.2) is 30.3 Å². The molecule has 11 heteroatoms. The summed E-state index contributed by atoms with van der Waals surface area (Å²) in [6, 6.07) is 10.8. The standard InChI is InChI=1S/C24H31B8NO2/c1-23(2)24(3,4)35-32(34-23)20-14(26)12-11-13(25)15(27)16(28)18(30)21(11)33(10-8-6-5-7-9-10)22(12)19(31)17(20)29/h5-9H,25-31H2,1-4H3. The third-order valence-electron chi connectivity index (χ3n) is 9.19. The molecule has 0 N–H and O–H groups in total. The van der Waals surface area contributed by atoms with Gasteiger partial charge in [0.25, 0.3) is 0 Å². The molecule has 0 spiro atoms. The smallest absolute Gasteiger partial charge is 0.399 e. The molecule has 1 aliphatic heterocycles. The minimum absolute atomic E-state index is 0.377. The van der Waals surface area contributed by atoms with E-state index in [-0.39, 0.29) is 18.3 Å². The summed E-state index contributed by atoms with van der Waals surface area (Å²) < 4.78 is 15.7. The van der Waals surface area contributed by atoms with Gasteiger partial charge < -0.3 is 13.9 Å². The van der Waals surface area contributed by atoms with Crippen molar-refractivity contribution in [2.45, 2.75) is 38.9 Å². The molecule has 0 unspecified atom stereocenters. The van der Waals surface area contributed by atoms with Crippen LogP contribution in [-0.2, 0) is 9.31 Å². The van der Waals surface area contributed by atoms with Gasteiger partial charge in [0.05, 0.1) is 11.2 Å². The molecule has 0 bridgehead atoms. The first kappa shape index (κ1) is 24.6. The van der Waals surface area contributed by atoms with Crippen molar-refractivity contribution in [3.63, 3.8) is 0 Å². The maximum atomic E-state index is 6.59. The van der Waals surface area contributed by atoms with Crippen LogP contribution in [-0.4, -0.2) is 77.8 Å². The number of fused-ring (bicyclic) bond motifs is 3. The van der Waals surface area contributed by atoms with Crippen LogP contribution in [0.1, 0.15) is 27.7 Å². The molecule has 1 saturated heterocycles. The Kier molecular flexibility index (Phi) is 5.58. The summed E-state index contributed by atoms with van der Waals surface area (Å²) in [5.74, 6) is 0. The van der Waals surface area contributed by atoms with Crippen LogP contribution < -0.4 is 43.7 Å². The van der Waals surface area contributed by atoms with E-state index >= 15 is 0 Å². The monoisotopic (exact) mass is 453 g/mol. The van der Waals surface area contributed by atoms with Gasteiger partial charge in [0.15, 0.2) is 0 Å². The molecule has 168 valence electrons. The number of benzene rings is 3. The van der Waals surface area contributed by atoms with Crippen LogP contribution in [0.3, 0.4) is 0 Å². The Morgan fingerprint density at radius 3 is 1.60 bits per heavy atom. The minimum Gasteiger partial charge on any atom is -0.399 e. The molecular weight excluding hydrogens is 421 g/mol. The van der Waals surface area contributed by atoms with E-state index in [1.54, 1.807) is 0 Å². The van der Waals surface area contributed by atoms with Gasteiger partial charge in [-0.25, -0.2) is 0 Å². The quantitative estimate of drug-likeness (QED) is 0.283. The lowest BCUT2D eigenvalue weighted by molar-refractivity contribution is 0.00578. The summed E-state index contributed by atoms with van der Waals surface area (Å²) in [6.07, 6.45) is 0. The van der Waals surface area contributed by atoms with Crippen LogP contribution in [0.5, 0.6) is 0 Å². The molecule has 3 aromatic carbocycles. The number of para-hydroxylation sites is 1. The Balaban J connectivity index is 1.99. The first-order valence-corrected chi connectivity index (χ1v) is 12.7. The van der Waals surface area contributed by atoms with Crippen LogP contribution in [0.2, 0.25) is 0 Å². The molecule has 3 nitrogen and oxygen atoms in total. The van der Waals surface area contributed by atoms with Crippen molar-refractivity contribution < 1.29 is 9.31 Å². The topological polar surface area (TPSA) is 23.4 Å². The average molecular weight is 452 g/mol. The van der Waals surface area contributed by atoms with Crippen molar-refractivity contribution in [1.82, 2.24) is 4.57 Å². The van der Waals surface area contributed by atoms with Gasteiger partial charge in [0.2, 0.25) is 0 Å². The molecule has 0 atom stereocenters. The lowest BCUT2D eigenvalue weighted by Gasteiger charge is -2.32. The largest absolute Gasteiger partial charge is 0.493 e. The zero-order valence-corrected chi connectivity index (χ0v) is 23.2. The maximum Gasteiger partial charge on any atom is 0.493 e. The summed E-state index contributed by atoms with van der Waals surface area (Å²) in [6.45, 7) is 8.52. The molecule has 2 heterocycles. The lowest BCUT2D eigenvalue weighted by atomic mass is 9.59. The molecule has 5 rings (SSSR count). The predicted octanol–water partition coefficient (Wildman–Crippen LogP) is -7.11. The second-order valence-corrected chi connectivity index (χ2v) is 11.5. The normalized spacial score (nSPS) is 17.0. The second kappa shape index (κ2) is 7.95. The molecule has 0 amide bonds. The Labute approximate surface area is 216 Å². The highest BCUT2D eigenvalue weighted by molar-refractivity contribution is 6.78. The Morgan fingerprint density at radius 2 is 1.06 bits per heavy atom. The summed E-state index contributed by atoms with van der Waals surface area (Å²) in [7, 11) is 15.4. The SMILES string of the molecule is Bc1c(B)c(B)c2c(c1B)c1c(B)c(B3OC(C)(C)C(C)(C)O3)c(B)c(B)c1n2-c1ccccc1. The number of aromatic nitrogens is 1. The Morgan fingerprint density at radius 1 is 0.600 bits per heavy atom. The molecular formula is C24H31B8NO2. The van der Waals surface area contributed by atoms with Gasteiger partial charge >= 0.3 is 7.12 Å². The Bertz CT molecular complexity index is 1510. The summed E-state index contributed by atoms with van der Waals surface area (Å²) >= 11 is 0. The van der Waals surface area contributed by atoms with E-state index in [9.17, 15) is 0 Å². The fraction of sp³-hybridized carbons (Fsp3) is 0.250. The molecule has 1 fully saturated rings. The highest BCUT2D eigenvalue weighted by Gasteiger charge is 2.52. The Hall–Kier alpha value is -2.10. The van der Waals surface area contributed by atoms with Gasteiger partial charge in [0.1, 0.15) is 54.9 Å². The van der Waals surface area contributed by atoms with Crippen LogP contribution in [0, 0.1) is 0 Å². The summed E-state index contributed by atoms with van der Waals surface area (Å²) in [4.78, 5) is 0. The molecule has 1 aliphatic rings. The van der Waals surface area contributed by atoms with Crippen LogP contribution in [0.4, 0.5) is 0 Å². The fourth-order valence-electron chi connectivity index (χ4n) is 5.89. The molecule has 4 aromatic rings. The van der Waals surface area contributed by atoms with E-state index in [1.807, 2.05) is 0 Å². The van der Waals surface area contributed by atoms with Gasteiger partial charge in [-0.15, -0.1) is 5.46 Å². The minimum atomic E-state index is -0.383. The first-order valence-electron chi connectivity index (χ1n) is 12.7. The van der Waals surface area contributed by atoms with E-state index in [1.165, 1.54) is 71.2 Å². The third kappa shape index (κ3) is 3.30. The van der Waals surface area contributed by atoms with Crippen molar-refractivity contribution >= 4 is 128 Å². The van der Waals surface area contributed by atoms with Gasteiger partial charge in [-0.3, -0.25) is 0 Å².